The van der Waals surface area contributed by atoms with Crippen molar-refractivity contribution < 1.29 is 4.42 Å². The zero-order chi connectivity index (χ0) is 12.8. The summed E-state index contributed by atoms with van der Waals surface area (Å²) in [4.78, 5) is 4.57. The summed E-state index contributed by atoms with van der Waals surface area (Å²) in [6, 6.07) is 13.9. The van der Waals surface area contributed by atoms with E-state index >= 15 is 0 Å². The van der Waals surface area contributed by atoms with Crippen molar-refractivity contribution in [3.8, 4) is 11.5 Å². The van der Waals surface area contributed by atoms with Crippen LogP contribution in [0.2, 0.25) is 0 Å². The molecule has 1 aromatic carbocycles. The van der Waals surface area contributed by atoms with Gasteiger partial charge in [-0.2, -0.15) is 5.10 Å². The molecule has 0 saturated heterocycles. The molecule has 3 aromatic heterocycles. The van der Waals surface area contributed by atoms with E-state index in [1.54, 1.807) is 6.26 Å². The summed E-state index contributed by atoms with van der Waals surface area (Å²) in [6.45, 7) is 1.96. The van der Waals surface area contributed by atoms with Crippen LogP contribution in [-0.2, 0) is 0 Å². The van der Waals surface area contributed by atoms with Crippen LogP contribution in [0.25, 0.3) is 27.9 Å². The largest absolute Gasteiger partial charge is 0.463 e. The fourth-order valence-corrected chi connectivity index (χ4v) is 2.37. The highest BCUT2D eigenvalue weighted by Gasteiger charge is 2.11. The Morgan fingerprint density at radius 1 is 1.11 bits per heavy atom. The summed E-state index contributed by atoms with van der Waals surface area (Å²) in [6.07, 6.45) is 1.66. The molecule has 0 unspecified atom stereocenters. The van der Waals surface area contributed by atoms with Gasteiger partial charge in [0.25, 0.3) is 0 Å². The average Bonchev–Trinajstić information content (AvgIpc) is 3.08. The lowest BCUT2D eigenvalue weighted by Gasteiger charge is -2.02. The smallest absolute Gasteiger partial charge is 0.154 e. The van der Waals surface area contributed by atoms with E-state index in [1.807, 2.05) is 47.8 Å². The number of hydrogen-bond acceptors (Lipinski definition) is 3. The Balaban J connectivity index is 2.12. The van der Waals surface area contributed by atoms with Gasteiger partial charge in [0.2, 0.25) is 0 Å². The molecule has 4 rings (SSSR count). The Hall–Kier alpha value is -2.62. The highest BCUT2D eigenvalue weighted by atomic mass is 16.3. The van der Waals surface area contributed by atoms with E-state index in [-0.39, 0.29) is 0 Å². The third kappa shape index (κ3) is 1.46. The summed E-state index contributed by atoms with van der Waals surface area (Å²) >= 11 is 0. The molecule has 0 atom stereocenters. The molecule has 0 aliphatic heterocycles. The molecular weight excluding hydrogens is 238 g/mol. The normalized spacial score (nSPS) is 11.4. The maximum atomic E-state index is 5.40. The fraction of sp³-hybridized carbons (Fsp3) is 0.0667. The van der Waals surface area contributed by atoms with Gasteiger partial charge in [0.05, 0.1) is 17.3 Å². The summed E-state index contributed by atoms with van der Waals surface area (Å²) in [7, 11) is 0. The van der Waals surface area contributed by atoms with E-state index in [0.29, 0.717) is 0 Å². The van der Waals surface area contributed by atoms with E-state index in [9.17, 15) is 0 Å². The molecule has 0 amide bonds. The van der Waals surface area contributed by atoms with Crippen molar-refractivity contribution in [1.29, 1.82) is 0 Å². The summed E-state index contributed by atoms with van der Waals surface area (Å²) < 4.78 is 7.27. The molecule has 0 aliphatic carbocycles. The minimum Gasteiger partial charge on any atom is -0.463 e. The average molecular weight is 249 g/mol. The zero-order valence-electron chi connectivity index (χ0n) is 10.4. The number of para-hydroxylation sites is 1. The topological polar surface area (TPSA) is 43.3 Å². The summed E-state index contributed by atoms with van der Waals surface area (Å²) in [5.74, 6) is 1.64. The number of furan rings is 1. The second kappa shape index (κ2) is 3.68. The van der Waals surface area contributed by atoms with Crippen molar-refractivity contribution >= 4 is 16.4 Å². The zero-order valence-corrected chi connectivity index (χ0v) is 10.4. The molecule has 0 saturated carbocycles. The van der Waals surface area contributed by atoms with Crippen LogP contribution in [0.1, 0.15) is 5.82 Å². The van der Waals surface area contributed by atoms with Crippen LogP contribution in [0.15, 0.2) is 53.1 Å². The van der Waals surface area contributed by atoms with Gasteiger partial charge in [-0.1, -0.05) is 18.2 Å². The number of fused-ring (bicyclic) bond motifs is 3. The number of aromatic nitrogens is 3. The first kappa shape index (κ1) is 10.3. The first-order valence-electron chi connectivity index (χ1n) is 6.12. The minimum atomic E-state index is 0.771. The minimum absolute atomic E-state index is 0.771. The Kier molecular flexibility index (Phi) is 2.00. The maximum absolute atomic E-state index is 5.40. The van der Waals surface area contributed by atoms with Gasteiger partial charge in [-0.05, 0) is 31.2 Å². The van der Waals surface area contributed by atoms with Gasteiger partial charge >= 0.3 is 0 Å². The predicted molar refractivity (Wildman–Crippen MR) is 72.9 cm³/mol. The van der Waals surface area contributed by atoms with Gasteiger partial charge in [-0.15, -0.1) is 0 Å². The number of nitrogens with zero attached hydrogens (tertiary/aromatic N) is 3. The number of rotatable bonds is 1. The lowest BCUT2D eigenvalue weighted by molar-refractivity contribution is 0.579. The molecule has 0 N–H and O–H groups in total. The van der Waals surface area contributed by atoms with E-state index in [4.69, 9.17) is 4.42 Å². The lowest BCUT2D eigenvalue weighted by atomic mass is 10.2. The maximum Gasteiger partial charge on any atom is 0.154 e. The van der Waals surface area contributed by atoms with E-state index in [2.05, 4.69) is 16.1 Å². The van der Waals surface area contributed by atoms with Crippen molar-refractivity contribution in [3.63, 3.8) is 0 Å². The highest BCUT2D eigenvalue weighted by molar-refractivity contribution is 5.94. The first-order valence-corrected chi connectivity index (χ1v) is 6.12. The SMILES string of the molecule is Cc1nc2ccccc2c2cc(-c3ccco3)nn12. The van der Waals surface area contributed by atoms with Crippen molar-refractivity contribution in [2.24, 2.45) is 0 Å². The van der Waals surface area contributed by atoms with Crippen molar-refractivity contribution in [2.75, 3.05) is 0 Å². The Bertz CT molecular complexity index is 875. The molecule has 4 aromatic rings. The first-order chi connectivity index (χ1) is 9.33. The van der Waals surface area contributed by atoms with Crippen LogP contribution >= 0.6 is 0 Å². The molecule has 0 spiro atoms. The van der Waals surface area contributed by atoms with E-state index < -0.39 is 0 Å². The second-order valence-corrected chi connectivity index (χ2v) is 4.48. The second-order valence-electron chi connectivity index (χ2n) is 4.48. The fourth-order valence-electron chi connectivity index (χ4n) is 2.37. The standard InChI is InChI=1S/C15H11N3O/c1-10-16-12-6-3-2-5-11(12)14-9-13(17-18(10)14)15-7-4-8-19-15/h2-9H,1H3. The van der Waals surface area contributed by atoms with E-state index in [0.717, 1.165) is 33.7 Å². The molecule has 3 heterocycles. The van der Waals surface area contributed by atoms with E-state index in [1.165, 1.54) is 0 Å². The van der Waals surface area contributed by atoms with Crippen LogP contribution in [0.3, 0.4) is 0 Å². The third-order valence-electron chi connectivity index (χ3n) is 3.25. The van der Waals surface area contributed by atoms with Crippen molar-refractivity contribution in [1.82, 2.24) is 14.6 Å². The van der Waals surface area contributed by atoms with Crippen LogP contribution < -0.4 is 0 Å². The van der Waals surface area contributed by atoms with Gasteiger partial charge in [-0.3, -0.25) is 0 Å². The van der Waals surface area contributed by atoms with Gasteiger partial charge in [0.1, 0.15) is 11.5 Å². The molecule has 0 radical (unpaired) electrons. The molecule has 0 fully saturated rings. The number of benzene rings is 1. The predicted octanol–water partition coefficient (Wildman–Crippen LogP) is 3.45. The molecule has 4 nitrogen and oxygen atoms in total. The molecule has 92 valence electrons. The number of aryl methyl sites for hydroxylation is 1. The monoisotopic (exact) mass is 249 g/mol. The Morgan fingerprint density at radius 3 is 2.84 bits per heavy atom. The van der Waals surface area contributed by atoms with Crippen LogP contribution in [0.4, 0.5) is 0 Å². The Morgan fingerprint density at radius 2 is 2.00 bits per heavy atom. The highest BCUT2D eigenvalue weighted by Crippen LogP contribution is 2.25. The van der Waals surface area contributed by atoms with Crippen molar-refractivity contribution in [2.45, 2.75) is 6.92 Å². The molecular formula is C15H11N3O. The van der Waals surface area contributed by atoms with Crippen LogP contribution in [-0.4, -0.2) is 14.6 Å². The van der Waals surface area contributed by atoms with Gasteiger partial charge < -0.3 is 4.42 Å². The van der Waals surface area contributed by atoms with Gasteiger partial charge in [0, 0.05) is 5.39 Å². The Labute approximate surface area is 109 Å². The third-order valence-corrected chi connectivity index (χ3v) is 3.25. The summed E-state index contributed by atoms with van der Waals surface area (Å²) in [5.41, 5.74) is 2.86. The van der Waals surface area contributed by atoms with Gasteiger partial charge in [-0.25, -0.2) is 9.50 Å². The van der Waals surface area contributed by atoms with Crippen molar-refractivity contribution in [3.05, 3.63) is 54.6 Å². The molecule has 19 heavy (non-hydrogen) atoms. The van der Waals surface area contributed by atoms with Crippen LogP contribution in [0.5, 0.6) is 0 Å². The van der Waals surface area contributed by atoms with Crippen LogP contribution in [0, 0.1) is 6.92 Å². The molecule has 4 heteroatoms. The lowest BCUT2D eigenvalue weighted by Crippen LogP contribution is -1.97. The summed E-state index contributed by atoms with van der Waals surface area (Å²) in [5, 5.41) is 5.66. The molecule has 0 bridgehead atoms. The van der Waals surface area contributed by atoms with Gasteiger partial charge in [0.15, 0.2) is 5.76 Å². The molecule has 0 aliphatic rings. The number of hydrogen-bond donors (Lipinski definition) is 0. The quantitative estimate of drug-likeness (QED) is 0.519.